The molecule has 0 aromatic carbocycles. The van der Waals surface area contributed by atoms with Gasteiger partial charge in [-0.3, -0.25) is 9.36 Å². The molecule has 0 saturated carbocycles. The summed E-state index contributed by atoms with van der Waals surface area (Å²) in [6.07, 6.45) is 84.8. The average Bonchev–Trinajstić information content (AvgIpc) is 3.42. The highest BCUT2D eigenvalue weighted by atomic mass is 31.2. The van der Waals surface area contributed by atoms with Crippen LogP contribution in [0.3, 0.4) is 0 Å². The molecule has 9 heteroatoms. The Hall–Kier alpha value is -1.80. The van der Waals surface area contributed by atoms with E-state index in [0.717, 1.165) is 51.4 Å². The van der Waals surface area contributed by atoms with E-state index in [-0.39, 0.29) is 12.5 Å². The lowest BCUT2D eigenvalue weighted by atomic mass is 10.0. The second-order valence-electron chi connectivity index (χ2n) is 24.9. The number of phosphoric acid groups is 1. The molecule has 0 rings (SSSR count). The molecule has 470 valence electrons. The van der Waals surface area contributed by atoms with Gasteiger partial charge >= 0.3 is 0 Å². The van der Waals surface area contributed by atoms with Gasteiger partial charge in [0.25, 0.3) is 7.82 Å². The van der Waals surface area contributed by atoms with Crippen LogP contribution in [0, 0.1) is 0 Å². The second-order valence-corrected chi connectivity index (χ2v) is 26.3. The number of hydrogen-bond donors (Lipinski definition) is 2. The van der Waals surface area contributed by atoms with Crippen LogP contribution in [0.25, 0.3) is 0 Å². The third kappa shape index (κ3) is 63.8. The lowest BCUT2D eigenvalue weighted by Gasteiger charge is -2.29. The highest BCUT2D eigenvalue weighted by Gasteiger charge is 2.23. The van der Waals surface area contributed by atoms with Gasteiger partial charge in [-0.25, -0.2) is 0 Å². The predicted octanol–water partition coefficient (Wildman–Crippen LogP) is 21.4. The van der Waals surface area contributed by atoms with Crippen molar-refractivity contribution >= 4 is 13.7 Å². The maximum absolute atomic E-state index is 13.0. The molecule has 0 fully saturated rings. The predicted molar refractivity (Wildman–Crippen MR) is 348 cm³/mol. The van der Waals surface area contributed by atoms with Gasteiger partial charge in [-0.2, -0.15) is 0 Å². The van der Waals surface area contributed by atoms with E-state index in [9.17, 15) is 19.4 Å². The topological polar surface area (TPSA) is 108 Å². The zero-order valence-electron chi connectivity index (χ0n) is 53.8. The number of carbonyl (C=O) groups excluding carboxylic acids is 1. The highest BCUT2D eigenvalue weighted by molar-refractivity contribution is 7.45. The molecule has 3 atom stereocenters. The number of aliphatic hydroxyl groups is 1. The van der Waals surface area contributed by atoms with Crippen LogP contribution in [-0.4, -0.2) is 68.5 Å². The number of likely N-dealkylation sites (N-methyl/N-ethyl adjacent to an activating group) is 1. The Labute approximate surface area is 498 Å². The Morgan fingerprint density at radius 3 is 1.10 bits per heavy atom. The number of phosphoric ester groups is 1. The van der Waals surface area contributed by atoms with Crippen molar-refractivity contribution in [2.75, 3.05) is 40.9 Å². The first-order valence-electron chi connectivity index (χ1n) is 34.7. The van der Waals surface area contributed by atoms with Crippen LogP contribution in [-0.2, 0) is 18.4 Å². The maximum atomic E-state index is 13.0. The van der Waals surface area contributed by atoms with Crippen molar-refractivity contribution in [3.63, 3.8) is 0 Å². The van der Waals surface area contributed by atoms with E-state index in [2.05, 4.69) is 67.8 Å². The minimum absolute atomic E-state index is 0.00716. The smallest absolute Gasteiger partial charge is 0.268 e. The summed E-state index contributed by atoms with van der Waals surface area (Å²) >= 11 is 0. The third-order valence-corrected chi connectivity index (χ3v) is 16.7. The molecule has 0 aromatic rings. The van der Waals surface area contributed by atoms with Crippen molar-refractivity contribution in [2.24, 2.45) is 0 Å². The Kier molecular flexibility index (Phi) is 60.4. The summed E-state index contributed by atoms with van der Waals surface area (Å²) in [5, 5.41) is 13.9. The SMILES string of the molecule is CCCCCCC/C=C\C/C=C\C/C=C\CCCCCCCCCCCCCCCCC(=O)NC(COP(=O)([O-])OCC[N+](C)(C)C)C(O)/C=C/CC/C=C/CCCCCCCCCCCCCCCCCCCCCCCCC. The number of unbranched alkanes of at least 4 members (excludes halogenated alkanes) is 43. The maximum Gasteiger partial charge on any atom is 0.268 e. The van der Waals surface area contributed by atoms with E-state index < -0.39 is 26.6 Å². The minimum atomic E-state index is -4.61. The summed E-state index contributed by atoms with van der Waals surface area (Å²) in [6, 6.07) is -0.907. The molecule has 0 saturated heterocycles. The van der Waals surface area contributed by atoms with Crippen molar-refractivity contribution in [3.8, 4) is 0 Å². The molecule has 0 spiro atoms. The molecule has 8 nitrogen and oxygen atoms in total. The molecular formula is C71H135N2O6P. The lowest BCUT2D eigenvalue weighted by molar-refractivity contribution is -0.870. The molecule has 0 aromatic heterocycles. The fourth-order valence-electron chi connectivity index (χ4n) is 10.3. The van der Waals surface area contributed by atoms with Crippen LogP contribution in [0.1, 0.15) is 335 Å². The van der Waals surface area contributed by atoms with Crippen LogP contribution in [0.4, 0.5) is 0 Å². The Balaban J connectivity index is 4.12. The van der Waals surface area contributed by atoms with Crippen molar-refractivity contribution in [1.82, 2.24) is 5.32 Å². The van der Waals surface area contributed by atoms with E-state index in [1.807, 2.05) is 27.2 Å². The van der Waals surface area contributed by atoms with Crippen molar-refractivity contribution < 1.29 is 32.9 Å². The fraction of sp³-hybridized carbons (Fsp3) is 0.845. The van der Waals surface area contributed by atoms with E-state index in [0.29, 0.717) is 17.4 Å². The third-order valence-electron chi connectivity index (χ3n) is 15.7. The molecule has 80 heavy (non-hydrogen) atoms. The van der Waals surface area contributed by atoms with Gasteiger partial charge in [-0.15, -0.1) is 0 Å². The van der Waals surface area contributed by atoms with Crippen molar-refractivity contribution in [2.45, 2.75) is 347 Å². The molecule has 0 bridgehead atoms. The monoisotopic (exact) mass is 1140 g/mol. The number of amides is 1. The highest BCUT2D eigenvalue weighted by Crippen LogP contribution is 2.38. The molecule has 0 heterocycles. The number of nitrogens with zero attached hydrogens (tertiary/aromatic N) is 1. The van der Waals surface area contributed by atoms with E-state index in [4.69, 9.17) is 9.05 Å². The van der Waals surface area contributed by atoms with Crippen molar-refractivity contribution in [1.29, 1.82) is 0 Å². The van der Waals surface area contributed by atoms with E-state index in [1.54, 1.807) is 6.08 Å². The van der Waals surface area contributed by atoms with Gasteiger partial charge in [0.2, 0.25) is 5.91 Å². The van der Waals surface area contributed by atoms with E-state index in [1.165, 1.54) is 263 Å². The van der Waals surface area contributed by atoms with Crippen LogP contribution >= 0.6 is 7.82 Å². The van der Waals surface area contributed by atoms with Gasteiger partial charge < -0.3 is 28.8 Å². The molecule has 2 N–H and O–H groups in total. The minimum Gasteiger partial charge on any atom is -0.756 e. The first-order valence-corrected chi connectivity index (χ1v) is 36.1. The summed E-state index contributed by atoms with van der Waals surface area (Å²) in [7, 11) is 1.25. The van der Waals surface area contributed by atoms with Gasteiger partial charge in [-0.1, -0.05) is 319 Å². The van der Waals surface area contributed by atoms with Crippen LogP contribution < -0.4 is 10.2 Å². The Morgan fingerprint density at radius 1 is 0.438 bits per heavy atom. The number of hydrogen-bond acceptors (Lipinski definition) is 6. The number of nitrogens with one attached hydrogen (secondary N) is 1. The van der Waals surface area contributed by atoms with E-state index >= 15 is 0 Å². The lowest BCUT2D eigenvalue weighted by Crippen LogP contribution is -2.45. The molecular weight excluding hydrogens is 1010 g/mol. The largest absolute Gasteiger partial charge is 0.756 e. The summed E-state index contributed by atoms with van der Waals surface area (Å²) in [4.78, 5) is 25.6. The average molecular weight is 1140 g/mol. The Bertz CT molecular complexity index is 1490. The molecule has 3 unspecified atom stereocenters. The standard InChI is InChI=1S/C71H135N2O6P/c1-6-8-10-12-14-16-18-20-22-24-26-28-30-32-34-36-38-40-42-44-46-48-50-52-54-56-58-60-62-64-70(74)69(68-79-80(76,77)78-67-66-73(3,4)5)72-71(75)65-63-61-59-57-55-53-51-49-47-45-43-41-39-37-35-33-31-29-27-25-23-21-19-17-15-13-11-9-7-2/h19,21,25,27,31,33,54,56,62,64,69-70,74H,6-18,20,22-24,26,28-30,32,34-53,55,57-61,63,65-68H2,1-5H3,(H-,72,75,76,77)/b21-19-,27-25-,33-31-,56-54+,64-62+. The zero-order chi connectivity index (χ0) is 58.4. The van der Waals surface area contributed by atoms with Gasteiger partial charge in [0, 0.05) is 6.42 Å². The molecule has 1 amide bonds. The van der Waals surface area contributed by atoms with Gasteiger partial charge in [-0.05, 0) is 70.6 Å². The van der Waals surface area contributed by atoms with Gasteiger partial charge in [0.15, 0.2) is 0 Å². The van der Waals surface area contributed by atoms with Gasteiger partial charge in [0.1, 0.15) is 13.2 Å². The number of aliphatic hydroxyl groups excluding tert-OH is 1. The first kappa shape index (κ1) is 78.2. The van der Waals surface area contributed by atoms with Gasteiger partial charge in [0.05, 0.1) is 39.9 Å². The molecule has 0 radical (unpaired) electrons. The molecule has 0 aliphatic carbocycles. The quantitative estimate of drug-likeness (QED) is 0.0272. The normalized spacial score (nSPS) is 14.0. The summed E-state index contributed by atoms with van der Waals surface area (Å²) in [6.45, 7) is 4.66. The molecule has 0 aliphatic rings. The van der Waals surface area contributed by atoms with Crippen LogP contribution in [0.15, 0.2) is 60.8 Å². The zero-order valence-corrected chi connectivity index (χ0v) is 54.7. The molecule has 0 aliphatic heterocycles. The summed E-state index contributed by atoms with van der Waals surface area (Å²) in [5.41, 5.74) is 0. The fourth-order valence-corrected chi connectivity index (χ4v) is 11.0. The summed E-state index contributed by atoms with van der Waals surface area (Å²) < 4.78 is 23.4. The van der Waals surface area contributed by atoms with Crippen molar-refractivity contribution in [3.05, 3.63) is 60.8 Å². The number of carbonyl (C=O) groups is 1. The number of quaternary nitrogens is 1. The Morgan fingerprint density at radius 2 is 0.738 bits per heavy atom. The number of rotatable bonds is 64. The number of allylic oxidation sites excluding steroid dienone is 9. The summed E-state index contributed by atoms with van der Waals surface area (Å²) in [5.74, 6) is -0.205. The first-order chi connectivity index (χ1) is 39.0. The van der Waals surface area contributed by atoms with Crippen LogP contribution in [0.5, 0.6) is 0 Å². The van der Waals surface area contributed by atoms with Crippen LogP contribution in [0.2, 0.25) is 0 Å². The second kappa shape index (κ2) is 61.8.